The van der Waals surface area contributed by atoms with Crippen molar-refractivity contribution in [2.24, 2.45) is 17.6 Å². The Morgan fingerprint density at radius 1 is 1.11 bits per heavy atom. The maximum absolute atomic E-state index is 12.9. The molecule has 180 valence electrons. The zero-order valence-corrected chi connectivity index (χ0v) is 20.8. The fourth-order valence-corrected chi connectivity index (χ4v) is 5.27. The summed E-state index contributed by atoms with van der Waals surface area (Å²) in [7, 11) is 0. The van der Waals surface area contributed by atoms with Gasteiger partial charge in [-0.3, -0.25) is 9.59 Å². The van der Waals surface area contributed by atoms with Crippen LogP contribution in [0, 0.1) is 18.8 Å². The van der Waals surface area contributed by atoms with Crippen LogP contribution in [-0.2, 0) is 10.4 Å². The summed E-state index contributed by atoms with van der Waals surface area (Å²) >= 11 is 0. The molecule has 5 rings (SSSR count). The highest BCUT2D eigenvalue weighted by Gasteiger charge is 2.36. The molecule has 1 aliphatic rings. The predicted octanol–water partition coefficient (Wildman–Crippen LogP) is 5.24. The van der Waals surface area contributed by atoms with E-state index >= 15 is 0 Å². The first-order valence-corrected chi connectivity index (χ1v) is 12.0. The molecule has 0 saturated carbocycles. The van der Waals surface area contributed by atoms with Gasteiger partial charge in [-0.2, -0.15) is 0 Å². The number of aromatic nitrogens is 1. The van der Waals surface area contributed by atoms with Gasteiger partial charge in [-0.05, 0) is 67.1 Å². The van der Waals surface area contributed by atoms with E-state index in [-0.39, 0.29) is 11.8 Å². The molecule has 2 atom stereocenters. The smallest absolute Gasteiger partial charge is 0.250 e. The van der Waals surface area contributed by atoms with Gasteiger partial charge in [0.15, 0.2) is 0 Å². The van der Waals surface area contributed by atoms with Crippen molar-refractivity contribution in [1.29, 1.82) is 0 Å². The fourth-order valence-electron chi connectivity index (χ4n) is 5.27. The van der Waals surface area contributed by atoms with E-state index in [4.69, 9.17) is 5.73 Å². The third kappa shape index (κ3) is 3.60. The van der Waals surface area contributed by atoms with Gasteiger partial charge >= 0.3 is 0 Å². The number of hydrogen-bond acceptors (Lipinski definition) is 3. The Hall–Kier alpha value is -3.64. The van der Waals surface area contributed by atoms with Crippen LogP contribution in [0.5, 0.6) is 0 Å². The summed E-state index contributed by atoms with van der Waals surface area (Å²) in [5.74, 6) is -0.0611. The number of fused-ring (bicyclic) bond motifs is 3. The van der Waals surface area contributed by atoms with Gasteiger partial charge in [0, 0.05) is 34.4 Å². The highest BCUT2D eigenvalue weighted by atomic mass is 16.3. The van der Waals surface area contributed by atoms with Crippen molar-refractivity contribution < 1.29 is 14.7 Å². The molecule has 2 unspecified atom stereocenters. The highest BCUT2D eigenvalue weighted by molar-refractivity contribution is 6.20. The van der Waals surface area contributed by atoms with Crippen LogP contribution < -0.4 is 10.6 Å². The van der Waals surface area contributed by atoms with Crippen molar-refractivity contribution in [1.82, 2.24) is 4.98 Å². The van der Waals surface area contributed by atoms with E-state index in [1.165, 1.54) is 0 Å². The number of nitrogens with two attached hydrogens (primary N) is 1. The molecule has 1 aliphatic heterocycles. The van der Waals surface area contributed by atoms with Crippen LogP contribution >= 0.6 is 0 Å². The second-order valence-electron chi connectivity index (χ2n) is 10.4. The summed E-state index contributed by atoms with van der Waals surface area (Å²) in [5, 5.41) is 12.3. The van der Waals surface area contributed by atoms with Gasteiger partial charge in [0.05, 0.1) is 16.7 Å². The van der Waals surface area contributed by atoms with Crippen LogP contribution in [0.1, 0.15) is 49.2 Å². The second-order valence-corrected chi connectivity index (χ2v) is 10.4. The van der Waals surface area contributed by atoms with Crippen molar-refractivity contribution in [3.05, 3.63) is 65.2 Å². The monoisotopic (exact) mass is 469 g/mol. The zero-order chi connectivity index (χ0) is 25.2. The molecule has 2 heterocycles. The predicted molar refractivity (Wildman–Crippen MR) is 140 cm³/mol. The molecule has 6 heteroatoms. The second kappa shape index (κ2) is 7.95. The van der Waals surface area contributed by atoms with E-state index in [9.17, 15) is 14.7 Å². The molecule has 4 N–H and O–H groups in total. The number of H-pyrrole nitrogens is 1. The van der Waals surface area contributed by atoms with Crippen LogP contribution in [0.2, 0.25) is 0 Å². The van der Waals surface area contributed by atoms with E-state index < -0.39 is 11.5 Å². The quantitative estimate of drug-likeness (QED) is 0.381. The standard InChI is InChI=1S/C29H31N3O3/c1-15-14-32(28(34)16(15)2)24-8-6-7-19(17(24)3)20-11-12-22(27(30)33)26-25(20)21-10-9-18(29(4,5)35)13-23(21)31-26/h6-13,15-16,31,35H,14H2,1-5H3,(H2,30,33). The number of rotatable bonds is 4. The van der Waals surface area contributed by atoms with Crippen molar-refractivity contribution in [2.45, 2.75) is 40.2 Å². The lowest BCUT2D eigenvalue weighted by Crippen LogP contribution is -2.27. The Morgan fingerprint density at radius 3 is 2.49 bits per heavy atom. The van der Waals surface area contributed by atoms with E-state index in [1.54, 1.807) is 19.9 Å². The van der Waals surface area contributed by atoms with Gasteiger partial charge in [-0.15, -0.1) is 0 Å². The largest absolute Gasteiger partial charge is 0.386 e. The average Bonchev–Trinajstić information content (AvgIpc) is 3.30. The van der Waals surface area contributed by atoms with Gasteiger partial charge in [0.1, 0.15) is 0 Å². The minimum Gasteiger partial charge on any atom is -0.386 e. The molecular formula is C29H31N3O3. The molecule has 4 aromatic rings. The zero-order valence-electron chi connectivity index (χ0n) is 20.8. The number of nitrogens with zero attached hydrogens (tertiary/aromatic N) is 1. The molecule has 0 spiro atoms. The third-order valence-corrected chi connectivity index (χ3v) is 7.59. The lowest BCUT2D eigenvalue weighted by molar-refractivity contribution is -0.120. The van der Waals surface area contributed by atoms with Gasteiger partial charge in [-0.1, -0.05) is 44.2 Å². The number of benzene rings is 3. The van der Waals surface area contributed by atoms with Crippen LogP contribution in [0.25, 0.3) is 32.9 Å². The number of aliphatic hydroxyl groups is 1. The van der Waals surface area contributed by atoms with Crippen molar-refractivity contribution >= 4 is 39.3 Å². The molecule has 6 nitrogen and oxygen atoms in total. The van der Waals surface area contributed by atoms with Gasteiger partial charge in [0.2, 0.25) is 5.91 Å². The molecule has 0 bridgehead atoms. The molecule has 35 heavy (non-hydrogen) atoms. The summed E-state index contributed by atoms with van der Waals surface area (Å²) in [6.07, 6.45) is 0. The van der Waals surface area contributed by atoms with Crippen LogP contribution in [0.15, 0.2) is 48.5 Å². The van der Waals surface area contributed by atoms with Crippen molar-refractivity contribution in [3.8, 4) is 11.1 Å². The van der Waals surface area contributed by atoms with Crippen LogP contribution in [-0.4, -0.2) is 28.4 Å². The number of carbonyl (C=O) groups excluding carboxylic acids is 2. The SMILES string of the molecule is Cc1c(-c2ccc(C(N)=O)c3[nH]c4cc(C(C)(C)O)ccc4c23)cccc1N1CC(C)C(C)C1=O. The Kier molecular flexibility index (Phi) is 5.25. The van der Waals surface area contributed by atoms with Crippen LogP contribution in [0.4, 0.5) is 5.69 Å². The lowest BCUT2D eigenvalue weighted by atomic mass is 9.92. The summed E-state index contributed by atoms with van der Waals surface area (Å²) in [5.41, 5.74) is 11.3. The molecule has 0 aliphatic carbocycles. The van der Waals surface area contributed by atoms with Gasteiger partial charge in [-0.25, -0.2) is 0 Å². The van der Waals surface area contributed by atoms with Gasteiger partial charge < -0.3 is 20.7 Å². The first kappa shape index (κ1) is 23.1. The van der Waals surface area contributed by atoms with E-state index in [0.29, 0.717) is 23.5 Å². The molecule has 0 radical (unpaired) electrons. The number of nitrogens with one attached hydrogen (secondary N) is 1. The summed E-state index contributed by atoms with van der Waals surface area (Å²) in [4.78, 5) is 30.5. The normalized spacial score (nSPS) is 18.7. The lowest BCUT2D eigenvalue weighted by Gasteiger charge is -2.21. The summed E-state index contributed by atoms with van der Waals surface area (Å²) in [6.45, 7) is 10.3. The number of carbonyl (C=O) groups is 2. The maximum Gasteiger partial charge on any atom is 0.250 e. The van der Waals surface area contributed by atoms with E-state index in [2.05, 4.69) is 18.0 Å². The van der Waals surface area contributed by atoms with Crippen LogP contribution in [0.3, 0.4) is 0 Å². The Bertz CT molecular complexity index is 1510. The summed E-state index contributed by atoms with van der Waals surface area (Å²) < 4.78 is 0. The average molecular weight is 470 g/mol. The molecular weight excluding hydrogens is 438 g/mol. The number of anilines is 1. The Morgan fingerprint density at radius 2 is 1.86 bits per heavy atom. The number of aromatic amines is 1. The fraction of sp³-hybridized carbons (Fsp3) is 0.310. The maximum atomic E-state index is 12.9. The van der Waals surface area contributed by atoms with Crippen molar-refractivity contribution in [3.63, 3.8) is 0 Å². The molecule has 1 saturated heterocycles. The minimum atomic E-state index is -0.998. The third-order valence-electron chi connectivity index (χ3n) is 7.59. The minimum absolute atomic E-state index is 0.00167. The first-order valence-electron chi connectivity index (χ1n) is 12.0. The van der Waals surface area contributed by atoms with Gasteiger partial charge in [0.25, 0.3) is 5.91 Å². The molecule has 3 aromatic carbocycles. The Balaban J connectivity index is 1.77. The highest BCUT2D eigenvalue weighted by Crippen LogP contribution is 2.41. The molecule has 1 aromatic heterocycles. The van der Waals surface area contributed by atoms with Crippen molar-refractivity contribution in [2.75, 3.05) is 11.4 Å². The van der Waals surface area contributed by atoms with E-state index in [0.717, 1.165) is 44.2 Å². The number of hydrogen-bond donors (Lipinski definition) is 3. The topological polar surface area (TPSA) is 99.4 Å². The molecule has 2 amide bonds. The Labute approximate surface area is 204 Å². The summed E-state index contributed by atoms with van der Waals surface area (Å²) in [6, 6.07) is 15.5. The first-order chi connectivity index (χ1) is 16.5. The number of amides is 2. The molecule has 1 fully saturated rings. The van der Waals surface area contributed by atoms with E-state index in [1.807, 2.05) is 55.1 Å². The number of primary amides is 1.